The molecule has 0 unspecified atom stereocenters. The van der Waals surface area contributed by atoms with Crippen molar-refractivity contribution in [2.75, 3.05) is 13.7 Å². The average Bonchev–Trinajstić information content (AvgIpc) is 2.27. The molecule has 0 aliphatic rings. The second-order valence-electron chi connectivity index (χ2n) is 3.13. The fraction of sp³-hybridized carbons (Fsp3) is 0.300. The second kappa shape index (κ2) is 5.69. The van der Waals surface area contributed by atoms with Gasteiger partial charge in [0, 0.05) is 12.3 Å². The zero-order valence-corrected chi connectivity index (χ0v) is 8.90. The lowest BCUT2D eigenvalue weighted by Gasteiger charge is -2.03. The average molecular weight is 223 g/mol. The number of nitrogens with two attached hydrogens (primary N) is 1. The van der Waals surface area contributed by atoms with E-state index in [1.54, 1.807) is 18.3 Å². The summed E-state index contributed by atoms with van der Waals surface area (Å²) in [6.07, 6.45) is 1.70. The van der Waals surface area contributed by atoms with Crippen LogP contribution in [0.25, 0.3) is 0 Å². The van der Waals surface area contributed by atoms with E-state index in [0.717, 1.165) is 5.56 Å². The van der Waals surface area contributed by atoms with Crippen LogP contribution < -0.4 is 15.8 Å². The number of rotatable bonds is 5. The third-order valence-corrected chi connectivity index (χ3v) is 1.83. The lowest BCUT2D eigenvalue weighted by atomic mass is 10.2. The summed E-state index contributed by atoms with van der Waals surface area (Å²) in [5, 5.41) is 2.39. The van der Waals surface area contributed by atoms with Crippen molar-refractivity contribution in [3.63, 3.8) is 0 Å². The van der Waals surface area contributed by atoms with Crippen LogP contribution in [-0.2, 0) is 16.0 Å². The monoisotopic (exact) mass is 223 g/mol. The summed E-state index contributed by atoms with van der Waals surface area (Å²) >= 11 is 0. The van der Waals surface area contributed by atoms with Crippen LogP contribution in [0.3, 0.4) is 0 Å². The molecule has 1 heterocycles. The van der Waals surface area contributed by atoms with Crippen LogP contribution in [-0.4, -0.2) is 30.5 Å². The number of nitrogens with one attached hydrogen (secondary N) is 1. The van der Waals surface area contributed by atoms with Crippen LogP contribution in [0.1, 0.15) is 5.56 Å². The van der Waals surface area contributed by atoms with Gasteiger partial charge < -0.3 is 15.8 Å². The molecule has 6 heteroatoms. The minimum Gasteiger partial charge on any atom is -0.481 e. The van der Waals surface area contributed by atoms with E-state index in [9.17, 15) is 9.59 Å². The molecule has 1 aromatic heterocycles. The lowest BCUT2D eigenvalue weighted by Crippen LogP contribution is -2.34. The maximum Gasteiger partial charge on any atom is 0.236 e. The van der Waals surface area contributed by atoms with E-state index in [1.807, 2.05) is 0 Å². The van der Waals surface area contributed by atoms with Crippen molar-refractivity contribution in [1.29, 1.82) is 0 Å². The number of pyridine rings is 1. The summed E-state index contributed by atoms with van der Waals surface area (Å²) in [6.45, 7) is -0.150. The van der Waals surface area contributed by atoms with Crippen molar-refractivity contribution in [3.05, 3.63) is 23.9 Å². The van der Waals surface area contributed by atoms with Crippen molar-refractivity contribution >= 4 is 11.8 Å². The van der Waals surface area contributed by atoms with Gasteiger partial charge in [-0.15, -0.1) is 0 Å². The molecule has 0 aromatic carbocycles. The molecule has 16 heavy (non-hydrogen) atoms. The van der Waals surface area contributed by atoms with E-state index in [1.165, 1.54) is 7.11 Å². The minimum absolute atomic E-state index is 0.150. The predicted molar refractivity (Wildman–Crippen MR) is 56.7 cm³/mol. The van der Waals surface area contributed by atoms with Gasteiger partial charge in [-0.25, -0.2) is 4.98 Å². The van der Waals surface area contributed by atoms with Gasteiger partial charge in [-0.3, -0.25) is 9.59 Å². The number of ether oxygens (including phenoxy) is 1. The Bertz CT molecular complexity index is 375. The maximum absolute atomic E-state index is 11.3. The molecule has 1 aromatic rings. The highest BCUT2D eigenvalue weighted by Gasteiger charge is 2.04. The van der Waals surface area contributed by atoms with Crippen LogP contribution in [0.4, 0.5) is 0 Å². The zero-order chi connectivity index (χ0) is 12.0. The first-order valence-corrected chi connectivity index (χ1v) is 4.65. The fourth-order valence-corrected chi connectivity index (χ4v) is 1.07. The van der Waals surface area contributed by atoms with Gasteiger partial charge in [-0.2, -0.15) is 0 Å². The number of amides is 2. The highest BCUT2D eigenvalue weighted by Crippen LogP contribution is 2.06. The minimum atomic E-state index is -0.568. The fourth-order valence-electron chi connectivity index (χ4n) is 1.07. The summed E-state index contributed by atoms with van der Waals surface area (Å²) in [7, 11) is 1.52. The number of primary amides is 1. The van der Waals surface area contributed by atoms with Gasteiger partial charge in [-0.1, -0.05) is 6.07 Å². The Kier molecular flexibility index (Phi) is 4.26. The lowest BCUT2D eigenvalue weighted by molar-refractivity contribution is -0.124. The van der Waals surface area contributed by atoms with Crippen molar-refractivity contribution in [3.8, 4) is 5.88 Å². The SMILES string of the molecule is COc1ccc(CC(=O)NCC(N)=O)cn1. The molecule has 0 saturated carbocycles. The molecule has 0 aliphatic carbocycles. The van der Waals surface area contributed by atoms with Gasteiger partial charge >= 0.3 is 0 Å². The summed E-state index contributed by atoms with van der Waals surface area (Å²) in [4.78, 5) is 25.7. The van der Waals surface area contributed by atoms with Crippen LogP contribution in [0.15, 0.2) is 18.3 Å². The van der Waals surface area contributed by atoms with E-state index < -0.39 is 5.91 Å². The molecule has 0 saturated heterocycles. The van der Waals surface area contributed by atoms with E-state index >= 15 is 0 Å². The van der Waals surface area contributed by atoms with E-state index in [2.05, 4.69) is 10.3 Å². The molecule has 0 aliphatic heterocycles. The van der Waals surface area contributed by atoms with Crippen LogP contribution in [0.5, 0.6) is 5.88 Å². The Morgan fingerprint density at radius 3 is 2.75 bits per heavy atom. The number of hydrogen-bond acceptors (Lipinski definition) is 4. The first-order valence-electron chi connectivity index (χ1n) is 4.65. The number of hydrogen-bond donors (Lipinski definition) is 2. The molecule has 1 rings (SSSR count). The maximum atomic E-state index is 11.3. The first kappa shape index (κ1) is 12.0. The smallest absolute Gasteiger partial charge is 0.236 e. The molecular weight excluding hydrogens is 210 g/mol. The summed E-state index contributed by atoms with van der Waals surface area (Å²) in [5.41, 5.74) is 5.63. The zero-order valence-electron chi connectivity index (χ0n) is 8.90. The Hall–Kier alpha value is -2.11. The van der Waals surface area contributed by atoms with Crippen molar-refractivity contribution < 1.29 is 14.3 Å². The summed E-state index contributed by atoms with van der Waals surface area (Å²) in [5.74, 6) is -0.353. The molecular formula is C10H13N3O3. The largest absolute Gasteiger partial charge is 0.481 e. The molecule has 86 valence electrons. The number of carbonyl (C=O) groups excluding carboxylic acids is 2. The van der Waals surface area contributed by atoms with E-state index in [0.29, 0.717) is 5.88 Å². The highest BCUT2D eigenvalue weighted by molar-refractivity contribution is 5.84. The van der Waals surface area contributed by atoms with Crippen molar-refractivity contribution in [2.45, 2.75) is 6.42 Å². The molecule has 0 bridgehead atoms. The van der Waals surface area contributed by atoms with Gasteiger partial charge in [0.15, 0.2) is 0 Å². The summed E-state index contributed by atoms with van der Waals surface area (Å²) in [6, 6.07) is 3.40. The van der Waals surface area contributed by atoms with Crippen LogP contribution in [0.2, 0.25) is 0 Å². The van der Waals surface area contributed by atoms with Crippen molar-refractivity contribution in [2.24, 2.45) is 5.73 Å². The number of aromatic nitrogens is 1. The molecule has 2 amide bonds. The first-order chi connectivity index (χ1) is 7.61. The van der Waals surface area contributed by atoms with Gasteiger partial charge in [0.05, 0.1) is 20.1 Å². The number of nitrogens with zero attached hydrogens (tertiary/aromatic N) is 1. The van der Waals surface area contributed by atoms with Gasteiger partial charge in [0.25, 0.3) is 0 Å². The van der Waals surface area contributed by atoms with Gasteiger partial charge in [-0.05, 0) is 5.56 Å². The Labute approximate surface area is 92.8 Å². The second-order valence-corrected chi connectivity index (χ2v) is 3.13. The Morgan fingerprint density at radius 2 is 2.25 bits per heavy atom. The number of carbonyl (C=O) groups is 2. The van der Waals surface area contributed by atoms with Gasteiger partial charge in [0.1, 0.15) is 0 Å². The normalized spacial score (nSPS) is 9.56. The molecule has 6 nitrogen and oxygen atoms in total. The molecule has 0 spiro atoms. The topological polar surface area (TPSA) is 94.3 Å². The standard InChI is InChI=1S/C10H13N3O3/c1-16-10-3-2-7(5-13-10)4-9(15)12-6-8(11)14/h2-3,5H,4,6H2,1H3,(H2,11,14)(H,12,15). The van der Waals surface area contributed by atoms with Gasteiger partial charge in [0.2, 0.25) is 17.7 Å². The Morgan fingerprint density at radius 1 is 1.50 bits per heavy atom. The van der Waals surface area contributed by atoms with E-state index in [4.69, 9.17) is 10.5 Å². The quantitative estimate of drug-likeness (QED) is 0.685. The number of methoxy groups -OCH3 is 1. The van der Waals surface area contributed by atoms with E-state index in [-0.39, 0.29) is 18.9 Å². The third-order valence-electron chi connectivity index (χ3n) is 1.83. The van der Waals surface area contributed by atoms with Crippen LogP contribution in [0, 0.1) is 0 Å². The van der Waals surface area contributed by atoms with Crippen LogP contribution >= 0.6 is 0 Å². The molecule has 3 N–H and O–H groups in total. The van der Waals surface area contributed by atoms with Crippen molar-refractivity contribution in [1.82, 2.24) is 10.3 Å². The molecule has 0 radical (unpaired) electrons. The molecule has 0 atom stereocenters. The Balaban J connectivity index is 2.46. The predicted octanol–water partition coefficient (Wildman–Crippen LogP) is -0.766. The highest BCUT2D eigenvalue weighted by atomic mass is 16.5. The summed E-state index contributed by atoms with van der Waals surface area (Å²) < 4.78 is 4.88. The third kappa shape index (κ3) is 3.95. The molecule has 0 fully saturated rings.